The topological polar surface area (TPSA) is 66.8 Å². The van der Waals surface area contributed by atoms with Gasteiger partial charge in [-0.1, -0.05) is 72.8 Å². The first kappa shape index (κ1) is 20.9. The number of carbonyl (C=O) groups excluding carboxylic acids is 2. The number of hydrogen-bond acceptors (Lipinski definition) is 5. The fourth-order valence-electron chi connectivity index (χ4n) is 3.08. The highest BCUT2D eigenvalue weighted by Gasteiger charge is 2.14. The van der Waals surface area contributed by atoms with Gasteiger partial charge in [0, 0.05) is 30.4 Å². The zero-order chi connectivity index (χ0) is 21.3. The fourth-order valence-corrected chi connectivity index (χ4v) is 3.08. The molecule has 5 heteroatoms. The monoisotopic (exact) mass is 401 g/mol. The molecule has 0 amide bonds. The van der Waals surface area contributed by atoms with Gasteiger partial charge in [0.15, 0.2) is 0 Å². The van der Waals surface area contributed by atoms with Gasteiger partial charge in [0.1, 0.15) is 5.76 Å². The molecule has 0 radical (unpaired) electrons. The molecule has 0 spiro atoms. The highest BCUT2D eigenvalue weighted by atomic mass is 16.5. The first-order chi connectivity index (χ1) is 14.6. The van der Waals surface area contributed by atoms with Crippen LogP contribution < -0.4 is 4.90 Å². The number of rotatable bonds is 8. The first-order valence-corrected chi connectivity index (χ1v) is 9.53. The number of esters is 1. The molecular weight excluding hydrogens is 378 g/mol. The van der Waals surface area contributed by atoms with Crippen LogP contribution in [0.5, 0.6) is 0 Å². The van der Waals surface area contributed by atoms with Gasteiger partial charge in [0.2, 0.25) is 0 Å². The van der Waals surface area contributed by atoms with Gasteiger partial charge in [-0.2, -0.15) is 0 Å². The number of hydrogen-bond donors (Lipinski definition) is 1. The minimum absolute atomic E-state index is 0.286. The summed E-state index contributed by atoms with van der Waals surface area (Å²) >= 11 is 0. The van der Waals surface area contributed by atoms with Crippen LogP contribution in [0.1, 0.15) is 16.7 Å². The predicted octanol–water partition coefficient (Wildman–Crippen LogP) is 4.53. The summed E-state index contributed by atoms with van der Waals surface area (Å²) in [5, 5.41) is 10.3. The Kier molecular flexibility index (Phi) is 7.00. The molecular formula is C25H23NO4. The number of ketones is 1. The van der Waals surface area contributed by atoms with E-state index in [0.717, 1.165) is 30.0 Å². The number of aliphatic hydroxyl groups excluding tert-OH is 1. The summed E-state index contributed by atoms with van der Waals surface area (Å²) in [7, 11) is 1.12. The van der Waals surface area contributed by atoms with Crippen LogP contribution in [0.15, 0.2) is 91.0 Å². The van der Waals surface area contributed by atoms with Crippen molar-refractivity contribution in [3.8, 4) is 0 Å². The molecule has 30 heavy (non-hydrogen) atoms. The number of nitrogens with zero attached hydrogens (tertiary/aromatic N) is 1. The highest BCUT2D eigenvalue weighted by molar-refractivity contribution is 6.39. The van der Waals surface area contributed by atoms with Gasteiger partial charge in [0.25, 0.3) is 5.78 Å². The van der Waals surface area contributed by atoms with E-state index >= 15 is 0 Å². The first-order valence-electron chi connectivity index (χ1n) is 9.53. The molecule has 3 rings (SSSR count). The maximum Gasteiger partial charge on any atom is 0.378 e. The van der Waals surface area contributed by atoms with Crippen LogP contribution in [0.25, 0.3) is 5.76 Å². The number of methoxy groups -OCH3 is 1. The molecule has 0 aliphatic heterocycles. The number of benzene rings is 3. The lowest BCUT2D eigenvalue weighted by Crippen LogP contribution is -2.22. The van der Waals surface area contributed by atoms with E-state index in [2.05, 4.69) is 33.9 Å². The van der Waals surface area contributed by atoms with Gasteiger partial charge < -0.3 is 14.7 Å². The van der Waals surface area contributed by atoms with E-state index in [9.17, 15) is 14.7 Å². The maximum atomic E-state index is 11.7. The molecule has 0 fully saturated rings. The molecule has 0 aromatic heterocycles. The summed E-state index contributed by atoms with van der Waals surface area (Å²) in [6.07, 6.45) is 0.879. The van der Waals surface area contributed by atoms with Crippen LogP contribution in [0.3, 0.4) is 0 Å². The van der Waals surface area contributed by atoms with Crippen molar-refractivity contribution in [1.29, 1.82) is 0 Å². The van der Waals surface area contributed by atoms with E-state index in [4.69, 9.17) is 0 Å². The van der Waals surface area contributed by atoms with E-state index in [1.807, 2.05) is 42.5 Å². The Labute approximate surface area is 175 Å². The van der Waals surface area contributed by atoms with Crippen molar-refractivity contribution in [2.75, 3.05) is 12.0 Å². The Morgan fingerprint density at radius 3 is 1.97 bits per heavy atom. The number of carbonyl (C=O) groups is 2. The van der Waals surface area contributed by atoms with Crippen molar-refractivity contribution < 1.29 is 19.4 Å². The third-order valence-corrected chi connectivity index (χ3v) is 4.59. The van der Waals surface area contributed by atoms with Crippen molar-refractivity contribution in [3.63, 3.8) is 0 Å². The average Bonchev–Trinajstić information content (AvgIpc) is 2.79. The summed E-state index contributed by atoms with van der Waals surface area (Å²) in [5.41, 5.74) is 3.63. The van der Waals surface area contributed by atoms with Gasteiger partial charge in [-0.15, -0.1) is 0 Å². The zero-order valence-electron chi connectivity index (χ0n) is 16.7. The number of aliphatic hydroxyl groups is 1. The smallest absolute Gasteiger partial charge is 0.378 e. The molecule has 0 atom stereocenters. The molecule has 152 valence electrons. The Hall–Kier alpha value is -3.86. The molecule has 3 aromatic carbocycles. The van der Waals surface area contributed by atoms with Gasteiger partial charge in [-0.05, 0) is 23.3 Å². The fraction of sp³-hybridized carbons (Fsp3) is 0.120. The van der Waals surface area contributed by atoms with E-state index in [1.54, 1.807) is 18.2 Å². The maximum absolute atomic E-state index is 11.7. The molecule has 0 unspecified atom stereocenters. The van der Waals surface area contributed by atoms with Gasteiger partial charge >= 0.3 is 5.97 Å². The summed E-state index contributed by atoms with van der Waals surface area (Å²) < 4.78 is 4.39. The Morgan fingerprint density at radius 2 is 1.43 bits per heavy atom. The van der Waals surface area contributed by atoms with Crippen LogP contribution in [0, 0.1) is 0 Å². The molecule has 0 aliphatic carbocycles. The number of ether oxygens (including phenoxy) is 1. The summed E-state index contributed by atoms with van der Waals surface area (Å²) in [5.74, 6) is -2.22. The SMILES string of the molecule is COC(=O)C(=O)/C=C(\O)c1cccc(N(Cc2ccccc2)Cc2ccccc2)c1. The van der Waals surface area contributed by atoms with Crippen molar-refractivity contribution in [3.05, 3.63) is 108 Å². The molecule has 0 heterocycles. The van der Waals surface area contributed by atoms with Gasteiger partial charge in [-0.25, -0.2) is 4.79 Å². The highest BCUT2D eigenvalue weighted by Crippen LogP contribution is 2.24. The van der Waals surface area contributed by atoms with Gasteiger partial charge in [-0.3, -0.25) is 4.79 Å². The van der Waals surface area contributed by atoms with E-state index in [1.165, 1.54) is 0 Å². The molecule has 1 N–H and O–H groups in total. The second kappa shape index (κ2) is 10.1. The Bertz CT molecular complexity index is 988. The normalized spacial score (nSPS) is 11.0. The second-order valence-electron chi connectivity index (χ2n) is 6.76. The molecule has 0 bridgehead atoms. The molecule has 3 aromatic rings. The molecule has 0 saturated heterocycles. The standard InChI is InChI=1S/C25H23NO4/c1-30-25(29)24(28)16-23(27)21-13-8-14-22(15-21)26(17-19-9-4-2-5-10-19)18-20-11-6-3-7-12-20/h2-16,27H,17-18H2,1H3/b23-16-. The van der Waals surface area contributed by atoms with Crippen molar-refractivity contribution in [2.24, 2.45) is 0 Å². The quantitative estimate of drug-likeness (QED) is 0.260. The Morgan fingerprint density at radius 1 is 0.867 bits per heavy atom. The van der Waals surface area contributed by atoms with Crippen molar-refractivity contribution in [2.45, 2.75) is 13.1 Å². The minimum atomic E-state index is -1.02. The van der Waals surface area contributed by atoms with Crippen LogP contribution >= 0.6 is 0 Å². The molecule has 5 nitrogen and oxygen atoms in total. The number of anilines is 1. The minimum Gasteiger partial charge on any atom is -0.507 e. The molecule has 0 aliphatic rings. The van der Waals surface area contributed by atoms with Crippen LogP contribution in [-0.2, 0) is 27.4 Å². The van der Waals surface area contributed by atoms with Crippen molar-refractivity contribution in [1.82, 2.24) is 0 Å². The van der Waals surface area contributed by atoms with Crippen LogP contribution in [0.2, 0.25) is 0 Å². The van der Waals surface area contributed by atoms with E-state index in [-0.39, 0.29) is 5.76 Å². The predicted molar refractivity (Wildman–Crippen MR) is 117 cm³/mol. The van der Waals surface area contributed by atoms with Crippen LogP contribution in [-0.4, -0.2) is 24.0 Å². The van der Waals surface area contributed by atoms with E-state index in [0.29, 0.717) is 18.7 Å². The molecule has 0 saturated carbocycles. The lowest BCUT2D eigenvalue weighted by Gasteiger charge is -2.26. The average molecular weight is 401 g/mol. The lowest BCUT2D eigenvalue weighted by atomic mass is 10.1. The van der Waals surface area contributed by atoms with Crippen LogP contribution in [0.4, 0.5) is 5.69 Å². The largest absolute Gasteiger partial charge is 0.507 e. The third-order valence-electron chi connectivity index (χ3n) is 4.59. The Balaban J connectivity index is 1.91. The van der Waals surface area contributed by atoms with Crippen molar-refractivity contribution >= 4 is 23.2 Å². The van der Waals surface area contributed by atoms with E-state index < -0.39 is 11.8 Å². The zero-order valence-corrected chi connectivity index (χ0v) is 16.7. The lowest BCUT2D eigenvalue weighted by molar-refractivity contribution is -0.149. The summed E-state index contributed by atoms with van der Waals surface area (Å²) in [6, 6.07) is 27.4. The second-order valence-corrected chi connectivity index (χ2v) is 6.76. The summed E-state index contributed by atoms with van der Waals surface area (Å²) in [4.78, 5) is 25.2. The summed E-state index contributed by atoms with van der Waals surface area (Å²) in [6.45, 7) is 1.34. The van der Waals surface area contributed by atoms with Gasteiger partial charge in [0.05, 0.1) is 7.11 Å². The third kappa shape index (κ3) is 5.58.